The van der Waals surface area contributed by atoms with Crippen molar-refractivity contribution in [3.05, 3.63) is 60.5 Å². The van der Waals surface area contributed by atoms with Crippen LogP contribution in [-0.4, -0.2) is 41.0 Å². The fraction of sp³-hybridized carbons (Fsp3) is 0.120. The first-order valence-electron chi connectivity index (χ1n) is 11.2. The normalized spacial score (nSPS) is 11.3. The third-order valence-corrected chi connectivity index (χ3v) is 6.51. The molecule has 0 bridgehead atoms. The van der Waals surface area contributed by atoms with Crippen LogP contribution in [0.15, 0.2) is 60.5 Å². The molecule has 6 aromatic rings. The summed E-state index contributed by atoms with van der Waals surface area (Å²) in [6.07, 6.45) is 8.20. The van der Waals surface area contributed by atoms with Crippen LogP contribution in [0, 0.1) is 0 Å². The highest BCUT2D eigenvalue weighted by Gasteiger charge is 2.17. The molecule has 0 saturated heterocycles. The summed E-state index contributed by atoms with van der Waals surface area (Å²) in [5.74, 6) is 0.577. The van der Waals surface area contributed by atoms with E-state index >= 15 is 0 Å². The standard InChI is InChI=1S/C25H20N8OS/c1-2-4-21(34)28-15-9-14(10-26-11-15)17-6-7-18-23(29-17)24(33-32-18)25-30-19-13-27-12-16(22(19)31-25)20-5-3-8-35-20/h3,5-13H,2,4H2,1H3,(H,28,34)(H,30,31)(H,32,33). The quantitative estimate of drug-likeness (QED) is 0.292. The van der Waals surface area contributed by atoms with Crippen molar-refractivity contribution in [1.29, 1.82) is 0 Å². The van der Waals surface area contributed by atoms with E-state index in [2.05, 4.69) is 36.5 Å². The topological polar surface area (TPSA) is 125 Å². The number of carbonyl (C=O) groups excluding carboxylic acids is 1. The third-order valence-electron chi connectivity index (χ3n) is 5.61. The second-order valence-electron chi connectivity index (χ2n) is 8.07. The van der Waals surface area contributed by atoms with E-state index in [0.29, 0.717) is 29.1 Å². The second kappa shape index (κ2) is 8.73. The molecule has 0 spiro atoms. The van der Waals surface area contributed by atoms with E-state index in [1.54, 1.807) is 29.9 Å². The van der Waals surface area contributed by atoms with Gasteiger partial charge in [-0.3, -0.25) is 19.9 Å². The molecule has 1 amide bonds. The number of rotatable bonds is 6. The lowest BCUT2D eigenvalue weighted by molar-refractivity contribution is -0.116. The minimum atomic E-state index is -0.0340. The Hall–Kier alpha value is -4.44. The Bertz CT molecular complexity index is 1670. The maximum atomic E-state index is 12.0. The smallest absolute Gasteiger partial charge is 0.224 e. The van der Waals surface area contributed by atoms with E-state index in [-0.39, 0.29) is 5.91 Å². The van der Waals surface area contributed by atoms with Crippen LogP contribution in [0.5, 0.6) is 0 Å². The second-order valence-corrected chi connectivity index (χ2v) is 9.02. The third kappa shape index (κ3) is 3.93. The summed E-state index contributed by atoms with van der Waals surface area (Å²) in [5.41, 5.74) is 6.90. The molecule has 0 atom stereocenters. The van der Waals surface area contributed by atoms with Gasteiger partial charge in [-0.2, -0.15) is 5.10 Å². The number of thiophene rings is 1. The number of aromatic amines is 2. The van der Waals surface area contributed by atoms with Gasteiger partial charge in [0.15, 0.2) is 11.5 Å². The number of anilines is 1. The van der Waals surface area contributed by atoms with Gasteiger partial charge in [-0.05, 0) is 36.1 Å². The van der Waals surface area contributed by atoms with Crippen molar-refractivity contribution in [2.75, 3.05) is 5.32 Å². The van der Waals surface area contributed by atoms with E-state index in [4.69, 9.17) is 9.97 Å². The van der Waals surface area contributed by atoms with Gasteiger partial charge in [0.05, 0.1) is 34.8 Å². The van der Waals surface area contributed by atoms with Crippen LogP contribution in [-0.2, 0) is 4.79 Å². The number of hydrogen-bond donors (Lipinski definition) is 3. The molecule has 10 heteroatoms. The molecule has 0 aliphatic carbocycles. The largest absolute Gasteiger partial charge is 0.335 e. The van der Waals surface area contributed by atoms with E-state index in [9.17, 15) is 4.79 Å². The predicted molar refractivity (Wildman–Crippen MR) is 137 cm³/mol. The number of aromatic nitrogens is 7. The van der Waals surface area contributed by atoms with Crippen molar-refractivity contribution in [2.45, 2.75) is 19.8 Å². The van der Waals surface area contributed by atoms with Gasteiger partial charge in [-0.15, -0.1) is 11.3 Å². The SMILES string of the molecule is CCCC(=O)Nc1cncc(-c2ccc3[nH]nc(-c4nc5c(-c6cccs6)cncc5[nH]4)c3n2)c1. The van der Waals surface area contributed by atoms with Crippen LogP contribution in [0.3, 0.4) is 0 Å². The molecular weight excluding hydrogens is 460 g/mol. The maximum Gasteiger partial charge on any atom is 0.224 e. The Balaban J connectivity index is 1.40. The molecule has 172 valence electrons. The molecule has 6 aromatic heterocycles. The van der Waals surface area contributed by atoms with Crippen molar-refractivity contribution in [3.8, 4) is 33.2 Å². The molecule has 0 aliphatic heterocycles. The highest BCUT2D eigenvalue weighted by atomic mass is 32.1. The van der Waals surface area contributed by atoms with Crippen molar-refractivity contribution in [2.24, 2.45) is 0 Å². The monoisotopic (exact) mass is 480 g/mol. The Kier molecular flexibility index (Phi) is 5.27. The summed E-state index contributed by atoms with van der Waals surface area (Å²) in [5, 5.41) is 12.5. The number of amides is 1. The van der Waals surface area contributed by atoms with Crippen LogP contribution in [0.2, 0.25) is 0 Å². The van der Waals surface area contributed by atoms with Gasteiger partial charge in [0, 0.05) is 34.8 Å². The van der Waals surface area contributed by atoms with Crippen molar-refractivity contribution >= 4 is 45.0 Å². The van der Waals surface area contributed by atoms with Gasteiger partial charge in [-0.1, -0.05) is 13.0 Å². The Labute approximate surface area is 203 Å². The summed E-state index contributed by atoms with van der Waals surface area (Å²) in [4.78, 5) is 34.8. The average molecular weight is 481 g/mol. The van der Waals surface area contributed by atoms with Crippen LogP contribution in [0.25, 0.3) is 55.3 Å². The summed E-state index contributed by atoms with van der Waals surface area (Å²) < 4.78 is 0. The van der Waals surface area contributed by atoms with Crippen LogP contribution in [0.1, 0.15) is 19.8 Å². The molecule has 6 rings (SSSR count). The van der Waals surface area contributed by atoms with E-state index in [0.717, 1.165) is 44.7 Å². The Morgan fingerprint density at radius 1 is 1.03 bits per heavy atom. The first-order chi connectivity index (χ1) is 17.2. The molecule has 6 heterocycles. The highest BCUT2D eigenvalue weighted by Crippen LogP contribution is 2.33. The lowest BCUT2D eigenvalue weighted by atomic mass is 10.1. The number of nitrogens with zero attached hydrogens (tertiary/aromatic N) is 5. The minimum Gasteiger partial charge on any atom is -0.335 e. The molecule has 9 nitrogen and oxygen atoms in total. The van der Waals surface area contributed by atoms with Gasteiger partial charge in [-0.25, -0.2) is 9.97 Å². The van der Waals surface area contributed by atoms with Crippen LogP contribution < -0.4 is 5.32 Å². The lowest BCUT2D eigenvalue weighted by Gasteiger charge is -2.06. The van der Waals surface area contributed by atoms with Gasteiger partial charge < -0.3 is 10.3 Å². The molecule has 0 fully saturated rings. The number of hydrogen-bond acceptors (Lipinski definition) is 7. The summed E-state index contributed by atoms with van der Waals surface area (Å²) in [6.45, 7) is 1.97. The number of pyridine rings is 3. The van der Waals surface area contributed by atoms with Gasteiger partial charge in [0.2, 0.25) is 5.91 Å². The predicted octanol–water partition coefficient (Wildman–Crippen LogP) is 5.43. The van der Waals surface area contributed by atoms with Gasteiger partial charge in [0.25, 0.3) is 0 Å². The lowest BCUT2D eigenvalue weighted by Crippen LogP contribution is -2.10. The number of nitrogens with one attached hydrogen (secondary N) is 3. The van der Waals surface area contributed by atoms with Crippen LogP contribution in [0.4, 0.5) is 5.69 Å². The van der Waals surface area contributed by atoms with E-state index in [1.807, 2.05) is 42.8 Å². The fourth-order valence-corrected chi connectivity index (χ4v) is 4.72. The summed E-state index contributed by atoms with van der Waals surface area (Å²) in [7, 11) is 0. The number of H-pyrrole nitrogens is 2. The summed E-state index contributed by atoms with van der Waals surface area (Å²) in [6, 6.07) is 9.76. The molecule has 0 aromatic carbocycles. The molecular formula is C25H20N8OS. The maximum absolute atomic E-state index is 12.0. The number of imidazole rings is 1. The minimum absolute atomic E-state index is 0.0340. The van der Waals surface area contributed by atoms with Gasteiger partial charge >= 0.3 is 0 Å². The zero-order valence-corrected chi connectivity index (χ0v) is 19.6. The highest BCUT2D eigenvalue weighted by molar-refractivity contribution is 7.13. The zero-order valence-electron chi connectivity index (χ0n) is 18.7. The fourth-order valence-electron chi connectivity index (χ4n) is 3.98. The first-order valence-corrected chi connectivity index (χ1v) is 12.1. The molecule has 0 saturated carbocycles. The molecule has 0 aliphatic rings. The van der Waals surface area contributed by atoms with Gasteiger partial charge in [0.1, 0.15) is 11.0 Å². The summed E-state index contributed by atoms with van der Waals surface area (Å²) >= 11 is 1.65. The Morgan fingerprint density at radius 2 is 1.94 bits per heavy atom. The average Bonchev–Trinajstić information content (AvgIpc) is 3.63. The Morgan fingerprint density at radius 3 is 2.80 bits per heavy atom. The van der Waals surface area contributed by atoms with Crippen molar-refractivity contribution < 1.29 is 4.79 Å². The molecule has 3 N–H and O–H groups in total. The molecule has 35 heavy (non-hydrogen) atoms. The van der Waals surface area contributed by atoms with E-state index < -0.39 is 0 Å². The van der Waals surface area contributed by atoms with Crippen LogP contribution >= 0.6 is 11.3 Å². The molecule has 0 unspecified atom stereocenters. The number of carbonyl (C=O) groups is 1. The number of fused-ring (bicyclic) bond motifs is 2. The molecule has 0 radical (unpaired) electrons. The van der Waals surface area contributed by atoms with Crippen molar-refractivity contribution in [1.82, 2.24) is 35.1 Å². The van der Waals surface area contributed by atoms with Crippen molar-refractivity contribution in [3.63, 3.8) is 0 Å². The zero-order chi connectivity index (χ0) is 23.8. The first kappa shape index (κ1) is 21.1. The van der Waals surface area contributed by atoms with E-state index in [1.165, 1.54) is 0 Å².